The number of carboxylic acid groups (broad SMARTS) is 1. The molecule has 1 N–H and O–H groups in total. The summed E-state index contributed by atoms with van der Waals surface area (Å²) in [6.07, 6.45) is 1.07. The van der Waals surface area contributed by atoms with Crippen molar-refractivity contribution in [3.05, 3.63) is 29.0 Å². The monoisotopic (exact) mass is 271 g/mol. The second-order valence-corrected chi connectivity index (χ2v) is 5.33. The zero-order valence-corrected chi connectivity index (χ0v) is 11.0. The van der Waals surface area contributed by atoms with E-state index in [0.717, 1.165) is 33.5 Å². The predicted molar refractivity (Wildman–Crippen MR) is 71.1 cm³/mol. The second kappa shape index (κ2) is 3.85. The van der Waals surface area contributed by atoms with E-state index in [2.05, 4.69) is 4.98 Å². The van der Waals surface area contributed by atoms with Crippen LogP contribution in [0.4, 0.5) is 0 Å². The predicted octanol–water partition coefficient (Wildman–Crippen LogP) is 2.07. The van der Waals surface area contributed by atoms with Crippen molar-refractivity contribution < 1.29 is 19.4 Å². The van der Waals surface area contributed by atoms with Gasteiger partial charge in [-0.05, 0) is 30.5 Å². The molecule has 0 saturated heterocycles. The maximum absolute atomic E-state index is 11.2. The van der Waals surface area contributed by atoms with Crippen molar-refractivity contribution in [3.8, 4) is 11.5 Å². The van der Waals surface area contributed by atoms with Gasteiger partial charge in [0.2, 0.25) is 6.79 Å². The first-order valence-corrected chi connectivity index (χ1v) is 6.58. The second-order valence-electron chi connectivity index (χ2n) is 5.33. The molecule has 1 aliphatic heterocycles. The summed E-state index contributed by atoms with van der Waals surface area (Å²) in [6.45, 7) is 2.26. The summed E-state index contributed by atoms with van der Waals surface area (Å²) >= 11 is 0. The average molecular weight is 271 g/mol. The number of aryl methyl sites for hydroxylation is 1. The van der Waals surface area contributed by atoms with Gasteiger partial charge >= 0.3 is 5.97 Å². The quantitative estimate of drug-likeness (QED) is 0.860. The van der Waals surface area contributed by atoms with Crippen LogP contribution >= 0.6 is 0 Å². The number of rotatable bonds is 1. The first-order chi connectivity index (χ1) is 9.63. The first kappa shape index (κ1) is 11.5. The lowest BCUT2D eigenvalue weighted by molar-refractivity contribution is -0.141. The first-order valence-electron chi connectivity index (χ1n) is 6.58. The number of fused-ring (bicyclic) bond motifs is 3. The van der Waals surface area contributed by atoms with Crippen molar-refractivity contribution in [3.63, 3.8) is 0 Å². The van der Waals surface area contributed by atoms with Crippen molar-refractivity contribution in [2.24, 2.45) is 5.92 Å². The van der Waals surface area contributed by atoms with Crippen molar-refractivity contribution >= 4 is 16.9 Å². The molecular formula is C15H13NO4. The Hall–Kier alpha value is -2.30. The molecule has 5 heteroatoms. The number of aliphatic carboxylic acids is 1. The van der Waals surface area contributed by atoms with E-state index in [-0.39, 0.29) is 12.7 Å². The Labute approximate surface area is 115 Å². The highest BCUT2D eigenvalue weighted by atomic mass is 16.7. The molecule has 0 bridgehead atoms. The third-order valence-electron chi connectivity index (χ3n) is 4.19. The summed E-state index contributed by atoms with van der Waals surface area (Å²) in [5.74, 6) is 0.334. The number of carboxylic acids is 1. The highest BCUT2D eigenvalue weighted by Gasteiger charge is 2.30. The van der Waals surface area contributed by atoms with Gasteiger partial charge < -0.3 is 14.6 Å². The maximum Gasteiger partial charge on any atom is 0.307 e. The molecule has 0 radical (unpaired) electrons. The minimum atomic E-state index is -0.749. The van der Waals surface area contributed by atoms with Gasteiger partial charge in [-0.25, -0.2) is 0 Å². The van der Waals surface area contributed by atoms with Gasteiger partial charge in [0.25, 0.3) is 0 Å². The van der Waals surface area contributed by atoms with E-state index in [0.29, 0.717) is 18.6 Å². The van der Waals surface area contributed by atoms with Crippen LogP contribution in [0.25, 0.3) is 10.9 Å². The summed E-state index contributed by atoms with van der Waals surface area (Å²) < 4.78 is 10.8. The van der Waals surface area contributed by atoms with Crippen LogP contribution in [-0.2, 0) is 17.6 Å². The Bertz CT molecular complexity index is 753. The van der Waals surface area contributed by atoms with E-state index in [1.54, 1.807) is 0 Å². The third-order valence-corrected chi connectivity index (χ3v) is 4.19. The van der Waals surface area contributed by atoms with Crippen LogP contribution in [0.1, 0.15) is 16.8 Å². The van der Waals surface area contributed by atoms with E-state index in [9.17, 15) is 9.90 Å². The molecule has 0 spiro atoms. The summed E-state index contributed by atoms with van der Waals surface area (Å²) in [6, 6.07) is 3.81. The Morgan fingerprint density at radius 1 is 1.30 bits per heavy atom. The van der Waals surface area contributed by atoms with Crippen molar-refractivity contribution in [1.29, 1.82) is 0 Å². The van der Waals surface area contributed by atoms with Crippen LogP contribution in [0.5, 0.6) is 11.5 Å². The lowest BCUT2D eigenvalue weighted by Crippen LogP contribution is -2.13. The molecule has 0 saturated carbocycles. The Morgan fingerprint density at radius 3 is 2.80 bits per heavy atom. The van der Waals surface area contributed by atoms with Gasteiger partial charge in [-0.3, -0.25) is 9.78 Å². The lowest BCUT2D eigenvalue weighted by atomic mass is 10.0. The minimum Gasteiger partial charge on any atom is -0.481 e. The normalized spacial score (nSPS) is 19.4. The molecule has 102 valence electrons. The molecular weight excluding hydrogens is 258 g/mol. The van der Waals surface area contributed by atoms with Gasteiger partial charge in [-0.2, -0.15) is 0 Å². The molecule has 4 rings (SSSR count). The summed E-state index contributed by atoms with van der Waals surface area (Å²) in [7, 11) is 0. The average Bonchev–Trinajstić information content (AvgIpc) is 3.02. The van der Waals surface area contributed by atoms with E-state index < -0.39 is 5.97 Å². The summed E-state index contributed by atoms with van der Waals surface area (Å²) in [5, 5.41) is 10.2. The zero-order chi connectivity index (χ0) is 13.9. The molecule has 0 amide bonds. The van der Waals surface area contributed by atoms with Gasteiger partial charge in [0.05, 0.1) is 11.4 Å². The Kier molecular flexibility index (Phi) is 2.22. The van der Waals surface area contributed by atoms with E-state index in [1.165, 1.54) is 0 Å². The van der Waals surface area contributed by atoms with E-state index in [1.807, 2.05) is 19.1 Å². The number of hydrogen-bond donors (Lipinski definition) is 1. The van der Waals surface area contributed by atoms with Gasteiger partial charge in [0, 0.05) is 23.6 Å². The fraction of sp³-hybridized carbons (Fsp3) is 0.333. The molecule has 0 fully saturated rings. The van der Waals surface area contributed by atoms with Gasteiger partial charge in [0.1, 0.15) is 0 Å². The van der Waals surface area contributed by atoms with Crippen LogP contribution in [0.15, 0.2) is 12.1 Å². The van der Waals surface area contributed by atoms with E-state index in [4.69, 9.17) is 9.47 Å². The molecule has 1 unspecified atom stereocenters. The fourth-order valence-corrected chi connectivity index (χ4v) is 3.08. The lowest BCUT2D eigenvalue weighted by Gasteiger charge is -2.09. The standard InChI is InChI=1S/C15H13NO4/c1-7-9-2-8(15(17)18)3-11(9)16-12-5-14-13(4-10(7)12)19-6-20-14/h4-5,8H,2-3,6H2,1H3,(H,17,18). The third kappa shape index (κ3) is 1.49. The number of pyridine rings is 1. The highest BCUT2D eigenvalue weighted by Crippen LogP contribution is 2.39. The van der Waals surface area contributed by atoms with E-state index >= 15 is 0 Å². The van der Waals surface area contributed by atoms with Gasteiger partial charge in [-0.1, -0.05) is 0 Å². The number of nitrogens with zero attached hydrogens (tertiary/aromatic N) is 1. The molecule has 1 aromatic heterocycles. The van der Waals surface area contributed by atoms with Crippen LogP contribution in [0.3, 0.4) is 0 Å². The summed E-state index contributed by atoms with van der Waals surface area (Å²) in [5.41, 5.74) is 3.92. The molecule has 1 aromatic carbocycles. The number of aromatic nitrogens is 1. The number of benzene rings is 1. The topological polar surface area (TPSA) is 68.7 Å². The molecule has 1 atom stereocenters. The Morgan fingerprint density at radius 2 is 2.05 bits per heavy atom. The van der Waals surface area contributed by atoms with Gasteiger partial charge in [0.15, 0.2) is 11.5 Å². The van der Waals surface area contributed by atoms with Crippen molar-refractivity contribution in [2.45, 2.75) is 19.8 Å². The largest absolute Gasteiger partial charge is 0.481 e. The SMILES string of the molecule is Cc1c2c(nc3cc4c(cc13)OCO4)CC(C(=O)O)C2. The van der Waals surface area contributed by atoms with Crippen LogP contribution in [-0.4, -0.2) is 22.9 Å². The maximum atomic E-state index is 11.2. The molecule has 5 nitrogen and oxygen atoms in total. The molecule has 2 heterocycles. The van der Waals surface area contributed by atoms with Crippen LogP contribution < -0.4 is 9.47 Å². The molecule has 20 heavy (non-hydrogen) atoms. The molecule has 2 aliphatic rings. The van der Waals surface area contributed by atoms with Crippen molar-refractivity contribution in [1.82, 2.24) is 4.98 Å². The Balaban J connectivity index is 1.92. The number of hydrogen-bond acceptors (Lipinski definition) is 4. The van der Waals surface area contributed by atoms with Crippen LogP contribution in [0.2, 0.25) is 0 Å². The summed E-state index contributed by atoms with van der Waals surface area (Å²) in [4.78, 5) is 15.8. The zero-order valence-electron chi connectivity index (χ0n) is 11.0. The molecule has 1 aliphatic carbocycles. The highest BCUT2D eigenvalue weighted by molar-refractivity contribution is 5.88. The molecule has 2 aromatic rings. The van der Waals surface area contributed by atoms with Crippen molar-refractivity contribution in [2.75, 3.05) is 6.79 Å². The fourth-order valence-electron chi connectivity index (χ4n) is 3.08. The minimum absolute atomic E-state index is 0.242. The van der Waals surface area contributed by atoms with Crippen LogP contribution in [0, 0.1) is 12.8 Å². The smallest absolute Gasteiger partial charge is 0.307 e. The number of ether oxygens (including phenoxy) is 2. The van der Waals surface area contributed by atoms with Gasteiger partial charge in [-0.15, -0.1) is 0 Å². The number of carbonyl (C=O) groups is 1.